The summed E-state index contributed by atoms with van der Waals surface area (Å²) in [5, 5.41) is 0. The molecule has 0 saturated heterocycles. The van der Waals surface area contributed by atoms with Crippen LogP contribution in [0.15, 0.2) is 36.4 Å². The van der Waals surface area contributed by atoms with Gasteiger partial charge in [-0.2, -0.15) is 0 Å². The SMILES string of the molecule is Nc1cccc2c1CCCN2C(=O)Cc1ccc2c(c1)OCCO2. The Kier molecular flexibility index (Phi) is 3.76. The number of nitrogens with zero attached hydrogens (tertiary/aromatic N) is 1. The molecule has 5 nitrogen and oxygen atoms in total. The molecule has 5 heteroatoms. The van der Waals surface area contributed by atoms with Gasteiger partial charge in [-0.05, 0) is 48.2 Å². The second-order valence-electron chi connectivity index (χ2n) is 6.15. The number of ether oxygens (including phenoxy) is 2. The van der Waals surface area contributed by atoms with Gasteiger partial charge in [-0.15, -0.1) is 0 Å². The highest BCUT2D eigenvalue weighted by Crippen LogP contribution is 2.33. The molecule has 1 amide bonds. The normalized spacial score (nSPS) is 15.8. The Morgan fingerprint density at radius 1 is 1.12 bits per heavy atom. The van der Waals surface area contributed by atoms with E-state index in [4.69, 9.17) is 15.2 Å². The van der Waals surface area contributed by atoms with E-state index < -0.39 is 0 Å². The molecule has 0 radical (unpaired) electrons. The smallest absolute Gasteiger partial charge is 0.231 e. The van der Waals surface area contributed by atoms with E-state index in [1.807, 2.05) is 41.3 Å². The molecule has 0 spiro atoms. The van der Waals surface area contributed by atoms with Crippen LogP contribution in [0.5, 0.6) is 11.5 Å². The van der Waals surface area contributed by atoms with E-state index in [0.717, 1.165) is 53.4 Å². The molecule has 2 aromatic rings. The zero-order valence-corrected chi connectivity index (χ0v) is 13.5. The number of carbonyl (C=O) groups excluding carboxylic acids is 1. The minimum atomic E-state index is 0.0817. The van der Waals surface area contributed by atoms with Crippen molar-refractivity contribution in [2.75, 3.05) is 30.4 Å². The number of nitrogen functional groups attached to an aromatic ring is 1. The molecule has 2 aliphatic heterocycles. The topological polar surface area (TPSA) is 64.8 Å². The molecule has 0 atom stereocenters. The molecule has 0 aromatic heterocycles. The van der Waals surface area contributed by atoms with Gasteiger partial charge in [0.25, 0.3) is 0 Å². The highest BCUT2D eigenvalue weighted by atomic mass is 16.6. The molecule has 124 valence electrons. The van der Waals surface area contributed by atoms with Gasteiger partial charge in [0.15, 0.2) is 11.5 Å². The molecule has 0 saturated carbocycles. The van der Waals surface area contributed by atoms with E-state index in [2.05, 4.69) is 0 Å². The molecule has 0 aliphatic carbocycles. The van der Waals surface area contributed by atoms with Crippen molar-refractivity contribution in [2.45, 2.75) is 19.3 Å². The second kappa shape index (κ2) is 6.07. The van der Waals surface area contributed by atoms with E-state index in [-0.39, 0.29) is 5.91 Å². The van der Waals surface area contributed by atoms with Crippen molar-refractivity contribution in [3.63, 3.8) is 0 Å². The average Bonchev–Trinajstić information content (AvgIpc) is 2.61. The van der Waals surface area contributed by atoms with Crippen molar-refractivity contribution in [3.05, 3.63) is 47.5 Å². The molecule has 2 aliphatic rings. The van der Waals surface area contributed by atoms with Gasteiger partial charge in [0.1, 0.15) is 13.2 Å². The van der Waals surface area contributed by atoms with Crippen LogP contribution in [-0.4, -0.2) is 25.7 Å². The number of hydrogen-bond acceptors (Lipinski definition) is 4. The zero-order valence-electron chi connectivity index (χ0n) is 13.5. The third-order valence-electron chi connectivity index (χ3n) is 4.55. The minimum absolute atomic E-state index is 0.0817. The average molecular weight is 324 g/mol. The van der Waals surface area contributed by atoms with Crippen molar-refractivity contribution in [1.82, 2.24) is 0 Å². The van der Waals surface area contributed by atoms with Crippen molar-refractivity contribution < 1.29 is 14.3 Å². The lowest BCUT2D eigenvalue weighted by atomic mass is 9.99. The van der Waals surface area contributed by atoms with Gasteiger partial charge in [-0.3, -0.25) is 4.79 Å². The third-order valence-corrected chi connectivity index (χ3v) is 4.55. The van der Waals surface area contributed by atoms with Gasteiger partial charge in [-0.25, -0.2) is 0 Å². The van der Waals surface area contributed by atoms with E-state index >= 15 is 0 Å². The molecule has 0 unspecified atom stereocenters. The summed E-state index contributed by atoms with van der Waals surface area (Å²) in [5.41, 5.74) is 9.79. The molecule has 0 bridgehead atoms. The Hall–Kier alpha value is -2.69. The largest absolute Gasteiger partial charge is 0.486 e. The van der Waals surface area contributed by atoms with Crippen LogP contribution in [0.3, 0.4) is 0 Å². The molecule has 0 fully saturated rings. The predicted octanol–water partition coefficient (Wildman–Crippen LogP) is 2.56. The minimum Gasteiger partial charge on any atom is -0.486 e. The molecular formula is C19H20N2O3. The highest BCUT2D eigenvalue weighted by Gasteiger charge is 2.24. The van der Waals surface area contributed by atoms with Crippen LogP contribution in [0.4, 0.5) is 11.4 Å². The Balaban J connectivity index is 1.56. The highest BCUT2D eigenvalue weighted by molar-refractivity contribution is 5.96. The van der Waals surface area contributed by atoms with E-state index in [9.17, 15) is 4.79 Å². The molecule has 2 aromatic carbocycles. The maximum absolute atomic E-state index is 12.8. The monoisotopic (exact) mass is 324 g/mol. The number of nitrogens with two attached hydrogens (primary N) is 1. The standard InChI is InChI=1S/C19H20N2O3/c20-15-4-1-5-16-14(15)3-2-8-21(16)19(22)12-13-6-7-17-18(11-13)24-10-9-23-17/h1,4-7,11H,2-3,8-10,12,20H2. The fourth-order valence-electron chi connectivity index (χ4n) is 3.38. The van der Waals surface area contributed by atoms with Crippen molar-refractivity contribution in [3.8, 4) is 11.5 Å². The summed E-state index contributed by atoms with van der Waals surface area (Å²) in [6, 6.07) is 11.5. The van der Waals surface area contributed by atoms with Crippen LogP contribution in [0, 0.1) is 0 Å². The Labute approximate surface area is 141 Å². The lowest BCUT2D eigenvalue weighted by molar-refractivity contribution is -0.118. The van der Waals surface area contributed by atoms with Gasteiger partial charge in [0.05, 0.1) is 6.42 Å². The van der Waals surface area contributed by atoms with Crippen molar-refractivity contribution in [1.29, 1.82) is 0 Å². The fourth-order valence-corrected chi connectivity index (χ4v) is 3.38. The summed E-state index contributed by atoms with van der Waals surface area (Å²) in [4.78, 5) is 14.7. The number of fused-ring (bicyclic) bond motifs is 2. The number of anilines is 2. The first-order valence-corrected chi connectivity index (χ1v) is 8.28. The van der Waals surface area contributed by atoms with Gasteiger partial charge >= 0.3 is 0 Å². The maximum Gasteiger partial charge on any atom is 0.231 e. The van der Waals surface area contributed by atoms with Crippen LogP contribution in [0.2, 0.25) is 0 Å². The Morgan fingerprint density at radius 3 is 2.83 bits per heavy atom. The molecule has 24 heavy (non-hydrogen) atoms. The first kappa shape index (κ1) is 14.9. The first-order valence-electron chi connectivity index (χ1n) is 8.28. The van der Waals surface area contributed by atoms with Gasteiger partial charge in [0, 0.05) is 17.9 Å². The Bertz CT molecular complexity index is 788. The second-order valence-corrected chi connectivity index (χ2v) is 6.15. The quantitative estimate of drug-likeness (QED) is 0.862. The molecule has 2 N–H and O–H groups in total. The fraction of sp³-hybridized carbons (Fsp3) is 0.316. The van der Waals surface area contributed by atoms with Gasteiger partial charge in [0.2, 0.25) is 5.91 Å². The lowest BCUT2D eigenvalue weighted by Gasteiger charge is -2.30. The number of benzene rings is 2. The summed E-state index contributed by atoms with van der Waals surface area (Å²) < 4.78 is 11.1. The number of carbonyl (C=O) groups is 1. The summed E-state index contributed by atoms with van der Waals surface area (Å²) >= 11 is 0. The number of hydrogen-bond donors (Lipinski definition) is 1. The van der Waals surface area contributed by atoms with Gasteiger partial charge < -0.3 is 20.1 Å². The van der Waals surface area contributed by atoms with Crippen LogP contribution in [0.1, 0.15) is 17.5 Å². The summed E-state index contributed by atoms with van der Waals surface area (Å²) in [6.45, 7) is 1.85. The van der Waals surface area contributed by atoms with Gasteiger partial charge in [-0.1, -0.05) is 12.1 Å². The summed E-state index contributed by atoms with van der Waals surface area (Å²) in [7, 11) is 0. The van der Waals surface area contributed by atoms with E-state index in [1.165, 1.54) is 0 Å². The lowest BCUT2D eigenvalue weighted by Crippen LogP contribution is -2.36. The Morgan fingerprint density at radius 2 is 1.96 bits per heavy atom. The van der Waals surface area contributed by atoms with E-state index in [0.29, 0.717) is 19.6 Å². The van der Waals surface area contributed by atoms with Crippen LogP contribution >= 0.6 is 0 Å². The van der Waals surface area contributed by atoms with Crippen LogP contribution in [0.25, 0.3) is 0 Å². The third kappa shape index (κ3) is 2.66. The van der Waals surface area contributed by atoms with Crippen LogP contribution < -0.4 is 20.1 Å². The molecule has 4 rings (SSSR count). The number of rotatable bonds is 2. The maximum atomic E-state index is 12.8. The first-order chi connectivity index (χ1) is 11.7. The molecular weight excluding hydrogens is 304 g/mol. The summed E-state index contributed by atoms with van der Waals surface area (Å²) in [5.74, 6) is 1.54. The summed E-state index contributed by atoms with van der Waals surface area (Å²) in [6.07, 6.45) is 2.20. The van der Waals surface area contributed by atoms with Crippen molar-refractivity contribution >= 4 is 17.3 Å². The van der Waals surface area contributed by atoms with Crippen LogP contribution in [-0.2, 0) is 17.6 Å². The van der Waals surface area contributed by atoms with Crippen molar-refractivity contribution in [2.24, 2.45) is 0 Å². The number of amides is 1. The predicted molar refractivity (Wildman–Crippen MR) is 92.7 cm³/mol. The van der Waals surface area contributed by atoms with E-state index in [1.54, 1.807) is 0 Å². The zero-order chi connectivity index (χ0) is 16.5. The molecule has 2 heterocycles.